The third-order valence-corrected chi connectivity index (χ3v) is 2.87. The minimum atomic E-state index is 0.278. The lowest BCUT2D eigenvalue weighted by Gasteiger charge is -2.31. The Balaban J connectivity index is 3.47. The molecule has 1 N–H and O–H groups in total. The molecule has 0 bridgehead atoms. The topological polar surface area (TPSA) is 23.5 Å². The summed E-state index contributed by atoms with van der Waals surface area (Å²) in [4.78, 5) is 2.03. The quantitative estimate of drug-likeness (QED) is 0.865. The second-order valence-corrected chi connectivity index (χ2v) is 4.79. The summed E-state index contributed by atoms with van der Waals surface area (Å²) >= 11 is 0. The monoisotopic (exact) mass is 233 g/mol. The first-order valence-corrected chi connectivity index (χ1v) is 6.22. The summed E-state index contributed by atoms with van der Waals surface area (Å²) in [5, 5.41) is 12.4. The van der Waals surface area contributed by atoms with Crippen molar-refractivity contribution in [3.05, 3.63) is 34.7 Å². The molecule has 0 fully saturated rings. The molecule has 0 aliphatic carbocycles. The third-order valence-electron chi connectivity index (χ3n) is 2.87. The van der Waals surface area contributed by atoms with Gasteiger partial charge in [0.05, 0.1) is 0 Å². The first-order valence-electron chi connectivity index (χ1n) is 6.22. The number of aliphatic hydroxyl groups excluding tert-OH is 1. The fourth-order valence-electron chi connectivity index (χ4n) is 2.18. The summed E-state index contributed by atoms with van der Waals surface area (Å²) in [6.45, 7) is 10.4. The molecule has 0 unspecified atom stereocenters. The zero-order chi connectivity index (χ0) is 13.0. The molecule has 17 heavy (non-hydrogen) atoms. The lowest BCUT2D eigenvalue weighted by atomic mass is 10.2. The Morgan fingerprint density at radius 2 is 1.65 bits per heavy atom. The van der Waals surface area contributed by atoms with Gasteiger partial charge in [-0.05, 0) is 45.9 Å². The molecule has 0 aliphatic heterocycles. The van der Waals surface area contributed by atoms with Crippen molar-refractivity contribution in [3.63, 3.8) is 0 Å². The van der Waals surface area contributed by atoms with Crippen LogP contribution >= 0.6 is 0 Å². The van der Waals surface area contributed by atoms with Crippen LogP contribution in [-0.2, 0) is 0 Å². The maximum absolute atomic E-state index is 10.5. The number of rotatable bonds is 3. The van der Waals surface area contributed by atoms with Crippen LogP contribution < -0.4 is 10.4 Å². The van der Waals surface area contributed by atoms with Crippen LogP contribution in [0.25, 0.3) is 12.0 Å². The predicted octanol–water partition coefficient (Wildman–Crippen LogP) is 2.23. The minimum Gasteiger partial charge on any atom is -0.494 e. The highest BCUT2D eigenvalue weighted by Crippen LogP contribution is 2.10. The van der Waals surface area contributed by atoms with E-state index < -0.39 is 0 Å². The van der Waals surface area contributed by atoms with Gasteiger partial charge in [0.2, 0.25) is 0 Å². The average molecular weight is 233 g/mol. The SMILES string of the molecule is C/C=c1\cccc\c1=C(\O)N(C(C)C)C(C)C. The van der Waals surface area contributed by atoms with Gasteiger partial charge in [-0.1, -0.05) is 24.3 Å². The lowest BCUT2D eigenvalue weighted by molar-refractivity contribution is 0.202. The van der Waals surface area contributed by atoms with Crippen molar-refractivity contribution < 1.29 is 5.11 Å². The van der Waals surface area contributed by atoms with Gasteiger partial charge in [0.15, 0.2) is 5.88 Å². The maximum Gasteiger partial charge on any atom is 0.195 e. The molecule has 94 valence electrons. The first kappa shape index (κ1) is 13.6. The smallest absolute Gasteiger partial charge is 0.195 e. The minimum absolute atomic E-state index is 0.278. The molecule has 0 amide bonds. The molecule has 0 aliphatic rings. The number of nitrogens with zero attached hydrogens (tertiary/aromatic N) is 1. The third kappa shape index (κ3) is 3.02. The second kappa shape index (κ2) is 5.76. The Morgan fingerprint density at radius 3 is 2.12 bits per heavy atom. The van der Waals surface area contributed by atoms with Crippen molar-refractivity contribution in [2.45, 2.75) is 46.7 Å². The van der Waals surface area contributed by atoms with E-state index in [9.17, 15) is 5.11 Å². The van der Waals surface area contributed by atoms with E-state index in [1.807, 2.05) is 42.2 Å². The summed E-state index contributed by atoms with van der Waals surface area (Å²) in [5.41, 5.74) is 0. The highest BCUT2D eigenvalue weighted by atomic mass is 16.3. The van der Waals surface area contributed by atoms with Crippen LogP contribution in [0.3, 0.4) is 0 Å². The number of aliphatic hydroxyl groups is 1. The van der Waals surface area contributed by atoms with Crippen LogP contribution in [0.1, 0.15) is 34.6 Å². The van der Waals surface area contributed by atoms with Gasteiger partial charge in [-0.2, -0.15) is 0 Å². The summed E-state index contributed by atoms with van der Waals surface area (Å²) in [7, 11) is 0. The zero-order valence-corrected chi connectivity index (χ0v) is 11.4. The van der Waals surface area contributed by atoms with Crippen molar-refractivity contribution in [3.8, 4) is 0 Å². The zero-order valence-electron chi connectivity index (χ0n) is 11.4. The molecular formula is C15H23NO. The van der Waals surface area contributed by atoms with Crippen LogP contribution in [0, 0.1) is 0 Å². The lowest BCUT2D eigenvalue weighted by Crippen LogP contribution is -2.41. The normalized spacial score (nSPS) is 14.4. The van der Waals surface area contributed by atoms with E-state index in [-0.39, 0.29) is 12.1 Å². The van der Waals surface area contributed by atoms with Gasteiger partial charge in [0.25, 0.3) is 0 Å². The van der Waals surface area contributed by atoms with Crippen LogP contribution in [-0.4, -0.2) is 22.1 Å². The van der Waals surface area contributed by atoms with Gasteiger partial charge in [-0.25, -0.2) is 0 Å². The molecular weight excluding hydrogens is 210 g/mol. The summed E-state index contributed by atoms with van der Waals surface area (Å²) in [6, 6.07) is 8.48. The molecule has 0 saturated heterocycles. The van der Waals surface area contributed by atoms with E-state index in [0.29, 0.717) is 5.88 Å². The Bertz CT molecular complexity index is 466. The van der Waals surface area contributed by atoms with E-state index in [1.165, 1.54) is 0 Å². The van der Waals surface area contributed by atoms with Crippen LogP contribution in [0.5, 0.6) is 0 Å². The van der Waals surface area contributed by atoms with E-state index in [4.69, 9.17) is 0 Å². The van der Waals surface area contributed by atoms with Gasteiger partial charge >= 0.3 is 0 Å². The van der Waals surface area contributed by atoms with Gasteiger partial charge in [-0.15, -0.1) is 0 Å². The predicted molar refractivity (Wildman–Crippen MR) is 74.0 cm³/mol. The van der Waals surface area contributed by atoms with Crippen LogP contribution in [0.4, 0.5) is 0 Å². The number of hydrogen-bond acceptors (Lipinski definition) is 2. The molecule has 1 aromatic carbocycles. The Labute approximate surface area is 104 Å². The Morgan fingerprint density at radius 1 is 1.12 bits per heavy atom. The van der Waals surface area contributed by atoms with Crippen molar-refractivity contribution in [2.75, 3.05) is 0 Å². The molecule has 0 heterocycles. The van der Waals surface area contributed by atoms with Crippen LogP contribution in [0.2, 0.25) is 0 Å². The molecule has 0 radical (unpaired) electrons. The number of benzene rings is 1. The molecule has 2 nitrogen and oxygen atoms in total. The molecule has 0 saturated carbocycles. The largest absolute Gasteiger partial charge is 0.494 e. The highest BCUT2D eigenvalue weighted by Gasteiger charge is 2.16. The van der Waals surface area contributed by atoms with Gasteiger partial charge in [0.1, 0.15) is 0 Å². The maximum atomic E-state index is 10.5. The highest BCUT2D eigenvalue weighted by molar-refractivity contribution is 5.37. The summed E-state index contributed by atoms with van der Waals surface area (Å²) < 4.78 is 0. The summed E-state index contributed by atoms with van der Waals surface area (Å²) in [5.74, 6) is 0.365. The van der Waals surface area contributed by atoms with Crippen molar-refractivity contribution in [1.29, 1.82) is 0 Å². The van der Waals surface area contributed by atoms with Crippen molar-refractivity contribution in [2.24, 2.45) is 0 Å². The first-order chi connectivity index (χ1) is 7.99. The van der Waals surface area contributed by atoms with Gasteiger partial charge in [-0.3, -0.25) is 0 Å². The molecule has 0 spiro atoms. The Hall–Kier alpha value is -1.44. The fraction of sp³-hybridized carbons (Fsp3) is 0.467. The van der Waals surface area contributed by atoms with E-state index in [1.54, 1.807) is 0 Å². The number of hydrogen-bond donors (Lipinski definition) is 1. The Kier molecular flexibility index (Phi) is 4.62. The van der Waals surface area contributed by atoms with Gasteiger partial charge < -0.3 is 10.0 Å². The fourth-order valence-corrected chi connectivity index (χ4v) is 2.18. The van der Waals surface area contributed by atoms with E-state index >= 15 is 0 Å². The average Bonchev–Trinajstić information content (AvgIpc) is 2.27. The molecule has 1 aromatic rings. The van der Waals surface area contributed by atoms with Crippen LogP contribution in [0.15, 0.2) is 24.3 Å². The summed E-state index contributed by atoms with van der Waals surface area (Å²) in [6.07, 6.45) is 2.02. The van der Waals surface area contributed by atoms with Crippen molar-refractivity contribution in [1.82, 2.24) is 4.90 Å². The molecule has 0 aromatic heterocycles. The molecule has 1 rings (SSSR count). The second-order valence-electron chi connectivity index (χ2n) is 4.79. The van der Waals surface area contributed by atoms with E-state index in [0.717, 1.165) is 10.4 Å². The van der Waals surface area contributed by atoms with Crippen molar-refractivity contribution >= 4 is 12.0 Å². The van der Waals surface area contributed by atoms with Gasteiger partial charge in [0, 0.05) is 17.3 Å². The molecule has 2 heteroatoms. The molecule has 0 atom stereocenters. The van der Waals surface area contributed by atoms with E-state index in [2.05, 4.69) is 27.7 Å². The standard InChI is InChI=1S/C15H23NO/c1-6-13-9-7-8-10-14(13)15(17)16(11(2)3)12(4)5/h6-12,17H,1-5H3/b13-6+,15-14-.